The predicted molar refractivity (Wildman–Crippen MR) is 75.5 cm³/mol. The van der Waals surface area contributed by atoms with Crippen LogP contribution >= 0.6 is 22.7 Å². The number of thiophene rings is 2. The monoisotopic (exact) mass is 262 g/mol. The first-order valence-corrected chi connectivity index (χ1v) is 7.30. The molecule has 0 saturated carbocycles. The molecular formula is C13H14N2S2. The van der Waals surface area contributed by atoms with Crippen LogP contribution in [0.2, 0.25) is 0 Å². The zero-order valence-corrected chi connectivity index (χ0v) is 11.5. The van der Waals surface area contributed by atoms with Gasteiger partial charge in [-0.3, -0.25) is 0 Å². The molecule has 0 aromatic carbocycles. The zero-order chi connectivity index (χ0) is 12.4. The number of hydrogen-bond acceptors (Lipinski definition) is 4. The van der Waals surface area contributed by atoms with E-state index >= 15 is 0 Å². The highest BCUT2D eigenvalue weighted by atomic mass is 32.1. The normalized spacial score (nSPS) is 10.4. The molecule has 0 aliphatic carbocycles. The van der Waals surface area contributed by atoms with Crippen LogP contribution in [0.1, 0.15) is 29.9 Å². The lowest BCUT2D eigenvalue weighted by molar-refractivity contribution is 1.14. The summed E-state index contributed by atoms with van der Waals surface area (Å²) < 4.78 is 0. The average Bonchev–Trinajstić information content (AvgIpc) is 2.92. The van der Waals surface area contributed by atoms with Crippen molar-refractivity contribution in [3.8, 4) is 15.8 Å². The van der Waals surface area contributed by atoms with E-state index in [1.807, 2.05) is 0 Å². The van der Waals surface area contributed by atoms with Gasteiger partial charge in [-0.2, -0.15) is 5.26 Å². The second-order valence-corrected chi connectivity index (χ2v) is 5.68. The molecule has 2 aromatic rings. The Morgan fingerprint density at radius 1 is 1.29 bits per heavy atom. The fraction of sp³-hybridized carbons (Fsp3) is 0.308. The van der Waals surface area contributed by atoms with Gasteiger partial charge in [0.05, 0.1) is 10.6 Å². The van der Waals surface area contributed by atoms with Crippen LogP contribution in [0.15, 0.2) is 11.4 Å². The lowest BCUT2D eigenvalue weighted by Gasteiger charge is -2.02. The van der Waals surface area contributed by atoms with Crippen LogP contribution < -0.4 is 5.73 Å². The molecular weight excluding hydrogens is 248 g/mol. The first-order valence-electron chi connectivity index (χ1n) is 5.60. The second-order valence-electron chi connectivity index (χ2n) is 3.75. The van der Waals surface area contributed by atoms with Crippen LogP contribution in [0.3, 0.4) is 0 Å². The molecule has 0 atom stereocenters. The van der Waals surface area contributed by atoms with Gasteiger partial charge in [0.25, 0.3) is 0 Å². The molecule has 0 aliphatic rings. The van der Waals surface area contributed by atoms with Crippen LogP contribution in [0.5, 0.6) is 0 Å². The van der Waals surface area contributed by atoms with Crippen molar-refractivity contribution in [2.45, 2.75) is 26.7 Å². The molecule has 2 heterocycles. The molecule has 2 N–H and O–H groups in total. The number of aryl methyl sites for hydroxylation is 1. The number of hydrogen-bond donors (Lipinski definition) is 1. The number of nitrogens with zero attached hydrogens (tertiary/aromatic N) is 1. The fourth-order valence-electron chi connectivity index (χ4n) is 1.91. The van der Waals surface area contributed by atoms with E-state index in [0.717, 1.165) is 18.4 Å². The summed E-state index contributed by atoms with van der Waals surface area (Å²) in [5, 5.41) is 11.2. The van der Waals surface area contributed by atoms with E-state index < -0.39 is 0 Å². The Morgan fingerprint density at radius 3 is 2.65 bits per heavy atom. The molecule has 0 amide bonds. The van der Waals surface area contributed by atoms with Crippen LogP contribution in [0, 0.1) is 11.3 Å². The van der Waals surface area contributed by atoms with E-state index in [2.05, 4.69) is 31.4 Å². The molecule has 0 bridgehead atoms. The van der Waals surface area contributed by atoms with Gasteiger partial charge in [0, 0.05) is 4.88 Å². The Balaban J connectivity index is 2.64. The van der Waals surface area contributed by atoms with Gasteiger partial charge in [-0.05, 0) is 35.4 Å². The second kappa shape index (κ2) is 4.91. The molecule has 2 nitrogen and oxygen atoms in total. The zero-order valence-electron chi connectivity index (χ0n) is 9.91. The van der Waals surface area contributed by atoms with Gasteiger partial charge in [0.1, 0.15) is 10.9 Å². The molecule has 88 valence electrons. The summed E-state index contributed by atoms with van der Waals surface area (Å²) in [6, 6.07) is 4.34. The number of nitrogens with two attached hydrogens (primary N) is 1. The van der Waals surface area contributed by atoms with Gasteiger partial charge in [0.2, 0.25) is 0 Å². The van der Waals surface area contributed by atoms with E-state index in [1.165, 1.54) is 26.7 Å². The molecule has 0 saturated heterocycles. The Labute approximate surface area is 109 Å². The molecule has 0 fully saturated rings. The first kappa shape index (κ1) is 12.2. The number of anilines is 1. The molecule has 4 heteroatoms. The molecule has 2 rings (SSSR count). The fourth-order valence-corrected chi connectivity index (χ4v) is 4.22. The topological polar surface area (TPSA) is 49.8 Å². The lowest BCUT2D eigenvalue weighted by Crippen LogP contribution is -1.91. The number of rotatable bonds is 3. The summed E-state index contributed by atoms with van der Waals surface area (Å²) in [7, 11) is 0. The van der Waals surface area contributed by atoms with Crippen molar-refractivity contribution < 1.29 is 0 Å². The van der Waals surface area contributed by atoms with Crippen molar-refractivity contribution in [2.24, 2.45) is 0 Å². The third kappa shape index (κ3) is 1.97. The van der Waals surface area contributed by atoms with Crippen LogP contribution in [-0.4, -0.2) is 0 Å². The third-order valence-electron chi connectivity index (χ3n) is 2.84. The van der Waals surface area contributed by atoms with Crippen LogP contribution in [-0.2, 0) is 12.8 Å². The van der Waals surface area contributed by atoms with E-state index in [1.54, 1.807) is 11.3 Å². The standard InChI is InChI=1S/C13H14N2S2/c1-3-8-5-6-16-12(8)13-9(4-2)11(15)10(7-14)17-13/h5-6H,3-4,15H2,1-2H3. The van der Waals surface area contributed by atoms with Gasteiger partial charge in [-0.25, -0.2) is 0 Å². The van der Waals surface area contributed by atoms with E-state index in [-0.39, 0.29) is 0 Å². The van der Waals surface area contributed by atoms with Crippen molar-refractivity contribution >= 4 is 28.4 Å². The summed E-state index contributed by atoms with van der Waals surface area (Å²) in [6.07, 6.45) is 1.89. The summed E-state index contributed by atoms with van der Waals surface area (Å²) in [5.74, 6) is 0. The summed E-state index contributed by atoms with van der Waals surface area (Å²) >= 11 is 3.26. The minimum Gasteiger partial charge on any atom is -0.397 e. The maximum Gasteiger partial charge on any atom is 0.128 e. The van der Waals surface area contributed by atoms with Crippen LogP contribution in [0.25, 0.3) is 9.75 Å². The molecule has 0 spiro atoms. The van der Waals surface area contributed by atoms with Crippen molar-refractivity contribution in [3.63, 3.8) is 0 Å². The number of nitrogen functional groups attached to an aromatic ring is 1. The molecule has 0 unspecified atom stereocenters. The van der Waals surface area contributed by atoms with Crippen molar-refractivity contribution in [2.75, 3.05) is 5.73 Å². The summed E-state index contributed by atoms with van der Waals surface area (Å²) in [5.41, 5.74) is 9.16. The Hall–Kier alpha value is -1.31. The highest BCUT2D eigenvalue weighted by molar-refractivity contribution is 7.22. The van der Waals surface area contributed by atoms with Crippen molar-refractivity contribution in [3.05, 3.63) is 27.5 Å². The first-order chi connectivity index (χ1) is 8.22. The van der Waals surface area contributed by atoms with Crippen molar-refractivity contribution in [1.82, 2.24) is 0 Å². The predicted octanol–water partition coefficient (Wildman–Crippen LogP) is 4.06. The maximum absolute atomic E-state index is 9.06. The largest absolute Gasteiger partial charge is 0.397 e. The Bertz CT molecular complexity index is 573. The van der Waals surface area contributed by atoms with E-state index in [9.17, 15) is 0 Å². The smallest absolute Gasteiger partial charge is 0.128 e. The van der Waals surface area contributed by atoms with Crippen LogP contribution in [0.4, 0.5) is 5.69 Å². The average molecular weight is 262 g/mol. The molecule has 2 aromatic heterocycles. The Kier molecular flexibility index (Phi) is 3.51. The maximum atomic E-state index is 9.06. The van der Waals surface area contributed by atoms with E-state index in [0.29, 0.717) is 10.6 Å². The minimum absolute atomic E-state index is 0.646. The van der Waals surface area contributed by atoms with Gasteiger partial charge >= 0.3 is 0 Å². The minimum atomic E-state index is 0.646. The quantitative estimate of drug-likeness (QED) is 0.907. The van der Waals surface area contributed by atoms with Crippen molar-refractivity contribution in [1.29, 1.82) is 5.26 Å². The Morgan fingerprint density at radius 2 is 2.06 bits per heavy atom. The molecule has 0 radical (unpaired) electrons. The van der Waals surface area contributed by atoms with Gasteiger partial charge in [-0.1, -0.05) is 13.8 Å². The van der Waals surface area contributed by atoms with Gasteiger partial charge < -0.3 is 5.73 Å². The summed E-state index contributed by atoms with van der Waals surface area (Å²) in [4.78, 5) is 3.11. The third-order valence-corrected chi connectivity index (χ3v) is 5.11. The van der Waals surface area contributed by atoms with Gasteiger partial charge in [-0.15, -0.1) is 22.7 Å². The molecule has 0 aliphatic heterocycles. The molecule has 17 heavy (non-hydrogen) atoms. The highest BCUT2D eigenvalue weighted by Gasteiger charge is 2.18. The SMILES string of the molecule is CCc1ccsc1-c1sc(C#N)c(N)c1CC. The lowest BCUT2D eigenvalue weighted by atomic mass is 10.1. The van der Waals surface area contributed by atoms with Gasteiger partial charge in [0.15, 0.2) is 0 Å². The number of nitriles is 1. The summed E-state index contributed by atoms with van der Waals surface area (Å²) in [6.45, 7) is 4.24. The van der Waals surface area contributed by atoms with E-state index in [4.69, 9.17) is 11.0 Å². The highest BCUT2D eigenvalue weighted by Crippen LogP contribution is 2.42.